The van der Waals surface area contributed by atoms with Gasteiger partial charge in [-0.2, -0.15) is 0 Å². The van der Waals surface area contributed by atoms with E-state index in [0.717, 1.165) is 5.69 Å². The number of hydrogen-bond acceptors (Lipinski definition) is 4. The molecular formula is C17H24N4O4. The van der Waals surface area contributed by atoms with Crippen molar-refractivity contribution in [3.05, 3.63) is 24.0 Å². The Morgan fingerprint density at radius 1 is 1.36 bits per heavy atom. The molecule has 0 aliphatic carbocycles. The molecule has 2 saturated heterocycles. The minimum Gasteiger partial charge on any atom is -0.365 e. The van der Waals surface area contributed by atoms with Crippen LogP contribution >= 0.6 is 0 Å². The predicted octanol–water partition coefficient (Wildman–Crippen LogP) is -0.526. The first-order valence-corrected chi connectivity index (χ1v) is 8.47. The van der Waals surface area contributed by atoms with E-state index >= 15 is 0 Å². The van der Waals surface area contributed by atoms with Gasteiger partial charge in [-0.1, -0.05) is 0 Å². The Labute approximate surface area is 146 Å². The van der Waals surface area contributed by atoms with E-state index in [2.05, 4.69) is 4.98 Å². The van der Waals surface area contributed by atoms with Gasteiger partial charge in [-0.25, -0.2) is 0 Å². The number of fused-ring (bicyclic) bond motifs is 1. The molecule has 3 amide bonds. The van der Waals surface area contributed by atoms with Crippen LogP contribution in [0.1, 0.15) is 12.1 Å². The first kappa shape index (κ1) is 17.5. The van der Waals surface area contributed by atoms with Gasteiger partial charge in [-0.05, 0) is 18.6 Å². The fraction of sp³-hybridized carbons (Fsp3) is 0.588. The largest absolute Gasteiger partial charge is 0.365 e. The van der Waals surface area contributed by atoms with E-state index < -0.39 is 0 Å². The summed E-state index contributed by atoms with van der Waals surface area (Å²) in [6, 6.07) is 3.61. The summed E-state index contributed by atoms with van der Waals surface area (Å²) in [7, 11) is 3.33. The number of rotatable bonds is 5. The van der Waals surface area contributed by atoms with Gasteiger partial charge >= 0.3 is 0 Å². The van der Waals surface area contributed by atoms with Gasteiger partial charge in [-0.3, -0.25) is 14.4 Å². The molecule has 0 bridgehead atoms. The van der Waals surface area contributed by atoms with Crippen LogP contribution in [-0.2, 0) is 25.5 Å². The maximum Gasteiger partial charge on any atom is 0.249 e. The van der Waals surface area contributed by atoms with Gasteiger partial charge in [-0.15, -0.1) is 0 Å². The van der Waals surface area contributed by atoms with Gasteiger partial charge in [0.05, 0.1) is 12.1 Å². The molecule has 0 aromatic carbocycles. The molecule has 2 aliphatic heterocycles. The number of amides is 3. The van der Waals surface area contributed by atoms with Gasteiger partial charge in [0.25, 0.3) is 0 Å². The van der Waals surface area contributed by atoms with Crippen LogP contribution in [0.2, 0.25) is 0 Å². The zero-order valence-corrected chi connectivity index (χ0v) is 14.6. The van der Waals surface area contributed by atoms with Gasteiger partial charge in [0.1, 0.15) is 13.2 Å². The smallest absolute Gasteiger partial charge is 0.249 e. The third-order valence-corrected chi connectivity index (χ3v) is 4.81. The highest BCUT2D eigenvalue weighted by Gasteiger charge is 2.45. The summed E-state index contributed by atoms with van der Waals surface area (Å²) in [6.45, 7) is 0.877. The monoisotopic (exact) mass is 348 g/mol. The van der Waals surface area contributed by atoms with Crippen LogP contribution in [0.5, 0.6) is 0 Å². The summed E-state index contributed by atoms with van der Waals surface area (Å²) in [5.74, 6) is -0.290. The summed E-state index contributed by atoms with van der Waals surface area (Å²) in [5, 5.41) is 0. The number of aromatic amines is 1. The van der Waals surface area contributed by atoms with E-state index in [1.54, 1.807) is 23.9 Å². The van der Waals surface area contributed by atoms with Crippen molar-refractivity contribution in [3.8, 4) is 0 Å². The lowest BCUT2D eigenvalue weighted by Gasteiger charge is -2.36. The average Bonchev–Trinajstić information content (AvgIpc) is 3.24. The number of aromatic nitrogens is 1. The minimum atomic E-state index is -0.250. The van der Waals surface area contributed by atoms with Gasteiger partial charge in [0, 0.05) is 45.5 Å². The quantitative estimate of drug-likeness (QED) is 0.775. The maximum absolute atomic E-state index is 12.5. The van der Waals surface area contributed by atoms with Crippen LogP contribution in [0.4, 0.5) is 0 Å². The molecule has 3 rings (SSSR count). The summed E-state index contributed by atoms with van der Waals surface area (Å²) in [5.41, 5.74) is 1.02. The molecule has 1 aromatic heterocycles. The van der Waals surface area contributed by atoms with Crippen molar-refractivity contribution in [3.63, 3.8) is 0 Å². The number of hydrogen-bond donors (Lipinski definition) is 1. The van der Waals surface area contributed by atoms with Crippen molar-refractivity contribution in [2.45, 2.75) is 25.0 Å². The van der Waals surface area contributed by atoms with Crippen LogP contribution in [-0.4, -0.2) is 89.9 Å². The number of aryl methyl sites for hydroxylation is 1. The number of H-pyrrole nitrogens is 1. The van der Waals surface area contributed by atoms with Crippen molar-refractivity contribution in [2.75, 3.05) is 40.3 Å². The lowest BCUT2D eigenvalue weighted by Crippen LogP contribution is -2.56. The lowest BCUT2D eigenvalue weighted by molar-refractivity contribution is -0.156. The molecule has 1 N–H and O–H groups in total. The standard InChI is InChI=1S/C17H24N4O4/c1-19(2)16(23)10-21-13-8-20(9-14(13)25-11-17(21)24)15(22)6-5-12-4-3-7-18-12/h3-4,7,13-14,18H,5-6,8-11H2,1-2H3/t13-,14-/m1/s1. The second-order valence-corrected chi connectivity index (χ2v) is 6.72. The second kappa shape index (κ2) is 7.26. The molecule has 2 aliphatic rings. The lowest BCUT2D eigenvalue weighted by atomic mass is 10.1. The molecule has 1 aromatic rings. The topological polar surface area (TPSA) is 86.0 Å². The highest BCUT2D eigenvalue weighted by atomic mass is 16.5. The Morgan fingerprint density at radius 2 is 2.16 bits per heavy atom. The molecule has 2 atom stereocenters. The minimum absolute atomic E-state index is 0.0286. The van der Waals surface area contributed by atoms with Crippen LogP contribution in [0.3, 0.4) is 0 Å². The number of carbonyl (C=O) groups excluding carboxylic acids is 3. The molecule has 25 heavy (non-hydrogen) atoms. The number of nitrogens with zero attached hydrogens (tertiary/aromatic N) is 3. The molecule has 2 fully saturated rings. The molecule has 136 valence electrons. The zero-order valence-electron chi connectivity index (χ0n) is 14.6. The molecule has 0 unspecified atom stereocenters. The van der Waals surface area contributed by atoms with Crippen molar-refractivity contribution in [2.24, 2.45) is 0 Å². The number of likely N-dealkylation sites (tertiary alicyclic amines) is 1. The molecule has 8 nitrogen and oxygen atoms in total. The second-order valence-electron chi connectivity index (χ2n) is 6.72. The number of nitrogens with one attached hydrogen (secondary N) is 1. The molecule has 0 spiro atoms. The predicted molar refractivity (Wildman–Crippen MR) is 89.6 cm³/mol. The van der Waals surface area contributed by atoms with Crippen molar-refractivity contribution in [1.82, 2.24) is 19.7 Å². The summed E-state index contributed by atoms with van der Waals surface area (Å²) in [6.07, 6.45) is 2.68. The summed E-state index contributed by atoms with van der Waals surface area (Å²) in [4.78, 5) is 44.5. The van der Waals surface area contributed by atoms with Crippen LogP contribution in [0, 0.1) is 0 Å². The van der Waals surface area contributed by atoms with E-state index in [-0.39, 0.29) is 43.0 Å². The molecule has 0 saturated carbocycles. The highest BCUT2D eigenvalue weighted by Crippen LogP contribution is 2.24. The fourth-order valence-corrected chi connectivity index (χ4v) is 3.28. The third-order valence-electron chi connectivity index (χ3n) is 4.81. The fourth-order valence-electron chi connectivity index (χ4n) is 3.28. The van der Waals surface area contributed by atoms with Gasteiger partial charge < -0.3 is 24.4 Å². The molecular weight excluding hydrogens is 324 g/mol. The Balaban J connectivity index is 1.60. The molecule has 8 heteroatoms. The Hall–Kier alpha value is -2.35. The van der Waals surface area contributed by atoms with Crippen molar-refractivity contribution in [1.29, 1.82) is 0 Å². The van der Waals surface area contributed by atoms with E-state index in [9.17, 15) is 14.4 Å². The van der Waals surface area contributed by atoms with Gasteiger partial charge in [0.2, 0.25) is 17.7 Å². The zero-order chi connectivity index (χ0) is 18.0. The van der Waals surface area contributed by atoms with E-state index in [1.807, 2.05) is 18.3 Å². The van der Waals surface area contributed by atoms with Crippen LogP contribution in [0.15, 0.2) is 18.3 Å². The first-order chi connectivity index (χ1) is 12.0. The highest BCUT2D eigenvalue weighted by molar-refractivity contribution is 5.86. The first-order valence-electron chi connectivity index (χ1n) is 8.47. The number of carbonyl (C=O) groups is 3. The third kappa shape index (κ3) is 3.84. The number of likely N-dealkylation sites (N-methyl/N-ethyl adjacent to an activating group) is 1. The average molecular weight is 348 g/mol. The van der Waals surface area contributed by atoms with Crippen molar-refractivity contribution >= 4 is 17.7 Å². The summed E-state index contributed by atoms with van der Waals surface area (Å²) < 4.78 is 5.60. The maximum atomic E-state index is 12.5. The number of morpholine rings is 1. The Bertz CT molecular complexity index is 643. The SMILES string of the molecule is CN(C)C(=O)CN1C(=O)CO[C@@H]2CN(C(=O)CCc3ccc[nH]3)C[C@H]21. The molecule has 0 radical (unpaired) electrons. The van der Waals surface area contributed by atoms with Crippen LogP contribution in [0.25, 0.3) is 0 Å². The summed E-state index contributed by atoms with van der Waals surface area (Å²) >= 11 is 0. The van der Waals surface area contributed by atoms with E-state index in [1.165, 1.54) is 4.90 Å². The normalized spacial score (nSPS) is 22.9. The van der Waals surface area contributed by atoms with Gasteiger partial charge in [0.15, 0.2) is 0 Å². The Kier molecular flexibility index (Phi) is 5.08. The van der Waals surface area contributed by atoms with Crippen LogP contribution < -0.4 is 0 Å². The Morgan fingerprint density at radius 3 is 2.84 bits per heavy atom. The van der Waals surface area contributed by atoms with Crippen molar-refractivity contribution < 1.29 is 19.1 Å². The number of ether oxygens (including phenoxy) is 1. The van der Waals surface area contributed by atoms with E-state index in [4.69, 9.17) is 4.74 Å². The molecule has 3 heterocycles. The van der Waals surface area contributed by atoms with E-state index in [0.29, 0.717) is 25.9 Å².